The maximum absolute atomic E-state index is 10.6. The molecular formula is C15H17NO4. The van der Waals surface area contributed by atoms with E-state index < -0.39 is 11.0 Å². The van der Waals surface area contributed by atoms with Crippen LogP contribution in [0, 0.1) is 10.1 Å². The summed E-state index contributed by atoms with van der Waals surface area (Å²) in [5.74, 6) is -0.178. The average Bonchev–Trinajstić information content (AvgIpc) is 2.95. The number of furan rings is 1. The molecule has 0 radical (unpaired) electrons. The lowest BCUT2D eigenvalue weighted by Crippen LogP contribution is -2.01. The fourth-order valence-corrected chi connectivity index (χ4v) is 2.24. The second kappa shape index (κ2) is 5.88. The molecule has 0 saturated heterocycles. The maximum Gasteiger partial charge on any atom is 0.433 e. The Bertz CT molecular complexity index is 618. The van der Waals surface area contributed by atoms with E-state index in [-0.39, 0.29) is 11.6 Å². The number of hydrogen-bond acceptors (Lipinski definition) is 4. The first-order valence-electron chi connectivity index (χ1n) is 6.60. The Balaban J connectivity index is 2.32. The molecule has 2 rings (SSSR count). The highest BCUT2D eigenvalue weighted by Gasteiger charge is 2.19. The van der Waals surface area contributed by atoms with Crippen molar-refractivity contribution in [2.75, 3.05) is 0 Å². The Morgan fingerprint density at radius 1 is 1.20 bits per heavy atom. The monoisotopic (exact) mass is 275 g/mol. The molecule has 1 aromatic carbocycles. The van der Waals surface area contributed by atoms with E-state index in [4.69, 9.17) is 4.42 Å². The van der Waals surface area contributed by atoms with Crippen LogP contribution in [0.25, 0.3) is 0 Å². The van der Waals surface area contributed by atoms with Crippen LogP contribution in [0.1, 0.15) is 42.4 Å². The molecule has 0 amide bonds. The van der Waals surface area contributed by atoms with Gasteiger partial charge in [0.25, 0.3) is 0 Å². The topological polar surface area (TPSA) is 76.5 Å². The molecule has 5 heteroatoms. The van der Waals surface area contributed by atoms with Crippen molar-refractivity contribution in [3.05, 3.63) is 62.9 Å². The van der Waals surface area contributed by atoms with Crippen molar-refractivity contribution < 1.29 is 14.4 Å². The third-order valence-electron chi connectivity index (χ3n) is 3.37. The van der Waals surface area contributed by atoms with Gasteiger partial charge >= 0.3 is 5.88 Å². The molecule has 0 aliphatic carbocycles. The van der Waals surface area contributed by atoms with Gasteiger partial charge in [0.2, 0.25) is 0 Å². The van der Waals surface area contributed by atoms with E-state index in [0.717, 1.165) is 12.8 Å². The van der Waals surface area contributed by atoms with Crippen LogP contribution in [0.4, 0.5) is 5.88 Å². The molecule has 5 nitrogen and oxygen atoms in total. The number of nitrogens with zero attached hydrogens (tertiary/aromatic N) is 1. The quantitative estimate of drug-likeness (QED) is 0.670. The van der Waals surface area contributed by atoms with Gasteiger partial charge in [-0.2, -0.15) is 0 Å². The predicted octanol–water partition coefficient (Wildman–Crippen LogP) is 3.39. The summed E-state index contributed by atoms with van der Waals surface area (Å²) >= 11 is 0. The van der Waals surface area contributed by atoms with Crippen LogP contribution in [0.5, 0.6) is 0 Å². The number of aliphatic hydroxyl groups is 1. The van der Waals surface area contributed by atoms with Crippen LogP contribution >= 0.6 is 0 Å². The molecule has 0 fully saturated rings. The Labute approximate surface area is 117 Å². The van der Waals surface area contributed by atoms with Crippen LogP contribution in [0.2, 0.25) is 0 Å². The third kappa shape index (κ3) is 2.72. The van der Waals surface area contributed by atoms with Crippen LogP contribution in [0.15, 0.2) is 34.7 Å². The molecule has 0 aliphatic rings. The van der Waals surface area contributed by atoms with Gasteiger partial charge < -0.3 is 9.52 Å². The van der Waals surface area contributed by atoms with E-state index in [0.29, 0.717) is 5.56 Å². The molecule has 0 bridgehead atoms. The number of aliphatic hydroxyl groups excluding tert-OH is 1. The van der Waals surface area contributed by atoms with E-state index >= 15 is 0 Å². The standard InChI is InChI=1S/C15H17NO4/c1-3-10-5-6-12(9-11(10)4-2)15(17)13-7-8-14(20-13)16(18)19/h5-9,15,17H,3-4H2,1-2H3. The molecular weight excluding hydrogens is 258 g/mol. The summed E-state index contributed by atoms with van der Waals surface area (Å²) in [7, 11) is 0. The van der Waals surface area contributed by atoms with Crippen LogP contribution < -0.4 is 0 Å². The van der Waals surface area contributed by atoms with Crippen molar-refractivity contribution in [1.82, 2.24) is 0 Å². The minimum absolute atomic E-state index is 0.183. The van der Waals surface area contributed by atoms with Gasteiger partial charge in [-0.25, -0.2) is 0 Å². The van der Waals surface area contributed by atoms with Crippen LogP contribution in [0.3, 0.4) is 0 Å². The minimum Gasteiger partial charge on any atom is -0.403 e. The first-order valence-corrected chi connectivity index (χ1v) is 6.60. The number of aryl methyl sites for hydroxylation is 2. The molecule has 0 spiro atoms. The molecule has 1 heterocycles. The van der Waals surface area contributed by atoms with E-state index in [2.05, 4.69) is 13.8 Å². The summed E-state index contributed by atoms with van der Waals surface area (Å²) in [6, 6.07) is 8.42. The number of benzene rings is 1. The maximum atomic E-state index is 10.6. The van der Waals surface area contributed by atoms with E-state index in [1.807, 2.05) is 18.2 Å². The number of rotatable bonds is 5. The summed E-state index contributed by atoms with van der Waals surface area (Å²) < 4.78 is 5.04. The van der Waals surface area contributed by atoms with Gasteiger partial charge in [0.1, 0.15) is 16.8 Å². The molecule has 2 aromatic rings. The fourth-order valence-electron chi connectivity index (χ4n) is 2.24. The summed E-state index contributed by atoms with van der Waals surface area (Å²) in [6.07, 6.45) is 0.827. The van der Waals surface area contributed by atoms with E-state index in [1.165, 1.54) is 23.3 Å². The van der Waals surface area contributed by atoms with Crippen LogP contribution in [-0.2, 0) is 12.8 Å². The highest BCUT2D eigenvalue weighted by atomic mass is 16.6. The zero-order valence-corrected chi connectivity index (χ0v) is 11.5. The van der Waals surface area contributed by atoms with E-state index in [9.17, 15) is 15.2 Å². The van der Waals surface area contributed by atoms with Crippen molar-refractivity contribution in [3.63, 3.8) is 0 Å². The van der Waals surface area contributed by atoms with Gasteiger partial charge in [0.05, 0.1) is 6.07 Å². The fraction of sp³-hybridized carbons (Fsp3) is 0.333. The zero-order chi connectivity index (χ0) is 14.7. The largest absolute Gasteiger partial charge is 0.433 e. The molecule has 1 unspecified atom stereocenters. The molecule has 0 aliphatic heterocycles. The summed E-state index contributed by atoms with van der Waals surface area (Å²) in [4.78, 5) is 9.97. The normalized spacial score (nSPS) is 12.3. The van der Waals surface area contributed by atoms with Crippen molar-refractivity contribution in [2.24, 2.45) is 0 Å². The molecule has 1 N–H and O–H groups in total. The molecule has 20 heavy (non-hydrogen) atoms. The highest BCUT2D eigenvalue weighted by molar-refractivity contribution is 5.36. The lowest BCUT2D eigenvalue weighted by molar-refractivity contribution is -0.402. The second-order valence-corrected chi connectivity index (χ2v) is 4.57. The summed E-state index contributed by atoms with van der Waals surface area (Å²) in [5, 5.41) is 20.8. The molecule has 1 aromatic heterocycles. The summed E-state index contributed by atoms with van der Waals surface area (Å²) in [5.41, 5.74) is 3.10. The number of hydrogen-bond donors (Lipinski definition) is 1. The lowest BCUT2D eigenvalue weighted by Gasteiger charge is -2.12. The number of nitro groups is 1. The zero-order valence-electron chi connectivity index (χ0n) is 11.5. The molecule has 106 valence electrons. The van der Waals surface area contributed by atoms with Crippen LogP contribution in [-0.4, -0.2) is 10.0 Å². The average molecular weight is 275 g/mol. The van der Waals surface area contributed by atoms with Crippen molar-refractivity contribution in [1.29, 1.82) is 0 Å². The van der Waals surface area contributed by atoms with Gasteiger partial charge in [-0.3, -0.25) is 10.1 Å². The first kappa shape index (κ1) is 14.3. The summed E-state index contributed by atoms with van der Waals surface area (Å²) in [6.45, 7) is 4.14. The van der Waals surface area contributed by atoms with Gasteiger partial charge in [-0.15, -0.1) is 0 Å². The minimum atomic E-state index is -0.986. The molecule has 1 atom stereocenters. The van der Waals surface area contributed by atoms with Crippen molar-refractivity contribution in [2.45, 2.75) is 32.8 Å². The third-order valence-corrected chi connectivity index (χ3v) is 3.37. The Hall–Kier alpha value is -2.14. The Morgan fingerprint density at radius 3 is 2.45 bits per heavy atom. The Morgan fingerprint density at radius 2 is 1.90 bits per heavy atom. The SMILES string of the molecule is CCc1ccc(C(O)c2ccc([N+](=O)[O-])o2)cc1CC. The first-order chi connectivity index (χ1) is 9.56. The molecule has 0 saturated carbocycles. The second-order valence-electron chi connectivity index (χ2n) is 4.57. The highest BCUT2D eigenvalue weighted by Crippen LogP contribution is 2.28. The Kier molecular flexibility index (Phi) is 4.20. The van der Waals surface area contributed by atoms with Gasteiger partial charge in [-0.1, -0.05) is 32.0 Å². The lowest BCUT2D eigenvalue weighted by atomic mass is 9.97. The van der Waals surface area contributed by atoms with Gasteiger partial charge in [0, 0.05) is 0 Å². The van der Waals surface area contributed by atoms with E-state index in [1.54, 1.807) is 0 Å². The van der Waals surface area contributed by atoms with Crippen molar-refractivity contribution >= 4 is 5.88 Å². The van der Waals surface area contributed by atoms with Gasteiger partial charge in [-0.05, 0) is 35.6 Å². The van der Waals surface area contributed by atoms with Gasteiger partial charge in [0.15, 0.2) is 0 Å². The van der Waals surface area contributed by atoms with Crippen molar-refractivity contribution in [3.8, 4) is 0 Å². The smallest absolute Gasteiger partial charge is 0.403 e. The predicted molar refractivity (Wildman–Crippen MR) is 74.6 cm³/mol.